The molecule has 0 bridgehead atoms. The molecule has 0 fully saturated rings. The quantitative estimate of drug-likeness (QED) is 0.425. The summed E-state index contributed by atoms with van der Waals surface area (Å²) in [5.74, 6) is 0. The SMILES string of the molecule is CCCCCCCCCCCC[C@@H](O)[C@@H](N)CCO. The first kappa shape index (κ1) is 18.9. The van der Waals surface area contributed by atoms with Crippen molar-refractivity contribution in [2.24, 2.45) is 5.73 Å². The van der Waals surface area contributed by atoms with Gasteiger partial charge in [0.1, 0.15) is 0 Å². The zero-order valence-corrected chi connectivity index (χ0v) is 12.8. The molecule has 3 heteroatoms. The Kier molecular flexibility index (Phi) is 14.2. The Morgan fingerprint density at radius 2 is 1.26 bits per heavy atom. The Bertz CT molecular complexity index is 176. The van der Waals surface area contributed by atoms with E-state index in [9.17, 15) is 5.11 Å². The Labute approximate surface area is 119 Å². The van der Waals surface area contributed by atoms with Gasteiger partial charge in [-0.3, -0.25) is 0 Å². The maximum atomic E-state index is 9.74. The minimum Gasteiger partial charge on any atom is -0.396 e. The van der Waals surface area contributed by atoms with E-state index in [0.29, 0.717) is 6.42 Å². The molecule has 0 aromatic heterocycles. The minimum absolute atomic E-state index is 0.0657. The molecule has 4 N–H and O–H groups in total. The number of hydrogen-bond acceptors (Lipinski definition) is 3. The van der Waals surface area contributed by atoms with Crippen molar-refractivity contribution in [3.8, 4) is 0 Å². The van der Waals surface area contributed by atoms with E-state index in [2.05, 4.69) is 6.92 Å². The standard InChI is InChI=1S/C16H35NO2/c1-2-3-4-5-6-7-8-9-10-11-12-16(19)15(17)13-14-18/h15-16,18-19H,2-14,17H2,1H3/t15-,16+/m0/s1. The van der Waals surface area contributed by atoms with E-state index < -0.39 is 6.10 Å². The van der Waals surface area contributed by atoms with Crippen molar-refractivity contribution in [3.63, 3.8) is 0 Å². The summed E-state index contributed by atoms with van der Waals surface area (Å²) < 4.78 is 0. The lowest BCUT2D eigenvalue weighted by Crippen LogP contribution is -2.35. The summed E-state index contributed by atoms with van der Waals surface area (Å²) in [6.07, 6.45) is 13.9. The Morgan fingerprint density at radius 3 is 1.74 bits per heavy atom. The van der Waals surface area contributed by atoms with Crippen LogP contribution in [0.3, 0.4) is 0 Å². The summed E-state index contributed by atoms with van der Waals surface area (Å²) in [4.78, 5) is 0. The predicted molar refractivity (Wildman–Crippen MR) is 82.1 cm³/mol. The predicted octanol–water partition coefficient (Wildman–Crippen LogP) is 3.37. The van der Waals surface area contributed by atoms with E-state index in [1.54, 1.807) is 0 Å². The summed E-state index contributed by atoms with van der Waals surface area (Å²) >= 11 is 0. The highest BCUT2D eigenvalue weighted by atomic mass is 16.3. The molecule has 0 rings (SSSR count). The first-order chi connectivity index (χ1) is 9.22. The lowest BCUT2D eigenvalue weighted by Gasteiger charge is -2.17. The topological polar surface area (TPSA) is 66.5 Å². The molecule has 0 saturated heterocycles. The molecule has 0 aromatic rings. The van der Waals surface area contributed by atoms with Crippen LogP contribution in [0, 0.1) is 0 Å². The highest BCUT2D eigenvalue weighted by Gasteiger charge is 2.13. The van der Waals surface area contributed by atoms with Gasteiger partial charge >= 0.3 is 0 Å². The maximum Gasteiger partial charge on any atom is 0.0691 e. The van der Waals surface area contributed by atoms with Crippen molar-refractivity contribution in [2.45, 2.75) is 96.1 Å². The molecule has 3 nitrogen and oxygen atoms in total. The molecule has 2 atom stereocenters. The van der Waals surface area contributed by atoms with Gasteiger partial charge in [0.05, 0.1) is 6.10 Å². The molecule has 116 valence electrons. The first-order valence-electron chi connectivity index (χ1n) is 8.26. The third kappa shape index (κ3) is 12.6. The summed E-state index contributed by atoms with van der Waals surface area (Å²) in [6, 6.07) is -0.261. The largest absolute Gasteiger partial charge is 0.396 e. The van der Waals surface area contributed by atoms with E-state index >= 15 is 0 Å². The molecule has 0 aliphatic carbocycles. The molecule has 0 unspecified atom stereocenters. The van der Waals surface area contributed by atoms with Crippen LogP contribution in [0.2, 0.25) is 0 Å². The number of unbranched alkanes of at least 4 members (excludes halogenated alkanes) is 9. The maximum absolute atomic E-state index is 9.74. The molecule has 0 aromatic carbocycles. The molecule has 0 radical (unpaired) electrons. The van der Waals surface area contributed by atoms with Crippen LogP contribution < -0.4 is 5.73 Å². The Morgan fingerprint density at radius 1 is 0.789 bits per heavy atom. The molecule has 0 heterocycles. The summed E-state index contributed by atoms with van der Waals surface area (Å²) in [5, 5.41) is 18.5. The normalized spacial score (nSPS) is 14.5. The van der Waals surface area contributed by atoms with Crippen LogP contribution in [0.5, 0.6) is 0 Å². The lowest BCUT2D eigenvalue weighted by atomic mass is 10.0. The number of rotatable bonds is 14. The van der Waals surface area contributed by atoms with Gasteiger partial charge in [-0.2, -0.15) is 0 Å². The van der Waals surface area contributed by atoms with Crippen molar-refractivity contribution in [3.05, 3.63) is 0 Å². The van der Waals surface area contributed by atoms with Gasteiger partial charge in [-0.15, -0.1) is 0 Å². The number of hydrogen-bond donors (Lipinski definition) is 3. The van der Waals surface area contributed by atoms with Crippen molar-refractivity contribution < 1.29 is 10.2 Å². The molecular formula is C16H35NO2. The lowest BCUT2D eigenvalue weighted by molar-refractivity contribution is 0.116. The molecule has 0 aliphatic rings. The van der Waals surface area contributed by atoms with Crippen LogP contribution >= 0.6 is 0 Å². The van der Waals surface area contributed by atoms with E-state index in [4.69, 9.17) is 10.8 Å². The summed E-state index contributed by atoms with van der Waals surface area (Å²) in [6.45, 7) is 2.32. The molecule has 19 heavy (non-hydrogen) atoms. The van der Waals surface area contributed by atoms with E-state index in [1.165, 1.54) is 57.8 Å². The van der Waals surface area contributed by atoms with E-state index in [1.807, 2.05) is 0 Å². The average Bonchev–Trinajstić information content (AvgIpc) is 2.41. The van der Waals surface area contributed by atoms with Crippen molar-refractivity contribution in [1.29, 1.82) is 0 Å². The van der Waals surface area contributed by atoms with Crippen LogP contribution in [0.4, 0.5) is 0 Å². The highest BCUT2D eigenvalue weighted by Crippen LogP contribution is 2.13. The zero-order valence-electron chi connectivity index (χ0n) is 12.8. The number of aliphatic hydroxyl groups excluding tert-OH is 2. The fraction of sp³-hybridized carbons (Fsp3) is 1.00. The Hall–Kier alpha value is -0.120. The van der Waals surface area contributed by atoms with Gasteiger partial charge in [-0.1, -0.05) is 71.1 Å². The van der Waals surface area contributed by atoms with Gasteiger partial charge in [0.2, 0.25) is 0 Å². The van der Waals surface area contributed by atoms with Crippen LogP contribution in [0.15, 0.2) is 0 Å². The minimum atomic E-state index is -0.443. The van der Waals surface area contributed by atoms with E-state index in [0.717, 1.165) is 12.8 Å². The second-order valence-corrected chi connectivity index (χ2v) is 5.71. The van der Waals surface area contributed by atoms with Crippen molar-refractivity contribution >= 4 is 0 Å². The molecule has 0 saturated carbocycles. The smallest absolute Gasteiger partial charge is 0.0691 e. The molecule has 0 spiro atoms. The van der Waals surface area contributed by atoms with Gasteiger partial charge < -0.3 is 15.9 Å². The fourth-order valence-electron chi connectivity index (χ4n) is 2.40. The second kappa shape index (κ2) is 14.3. The van der Waals surface area contributed by atoms with Gasteiger partial charge in [0, 0.05) is 12.6 Å². The molecular weight excluding hydrogens is 238 g/mol. The second-order valence-electron chi connectivity index (χ2n) is 5.71. The Balaban J connectivity index is 3.18. The molecule has 0 amide bonds. The average molecular weight is 273 g/mol. The van der Waals surface area contributed by atoms with Gasteiger partial charge in [-0.25, -0.2) is 0 Å². The number of aliphatic hydroxyl groups is 2. The van der Waals surface area contributed by atoms with Crippen LogP contribution in [-0.4, -0.2) is 29.0 Å². The van der Waals surface area contributed by atoms with Crippen LogP contribution in [0.1, 0.15) is 84.0 Å². The third-order valence-corrected chi connectivity index (χ3v) is 3.81. The summed E-state index contributed by atoms with van der Waals surface area (Å²) in [5.41, 5.74) is 5.74. The first-order valence-corrected chi connectivity index (χ1v) is 8.26. The highest BCUT2D eigenvalue weighted by molar-refractivity contribution is 4.71. The van der Waals surface area contributed by atoms with Crippen molar-refractivity contribution in [2.75, 3.05) is 6.61 Å². The van der Waals surface area contributed by atoms with Crippen molar-refractivity contribution in [1.82, 2.24) is 0 Å². The van der Waals surface area contributed by atoms with Gasteiger partial charge in [0.25, 0.3) is 0 Å². The number of nitrogens with two attached hydrogens (primary N) is 1. The summed E-state index contributed by atoms with van der Waals surface area (Å²) in [7, 11) is 0. The van der Waals surface area contributed by atoms with Gasteiger partial charge in [-0.05, 0) is 12.8 Å². The van der Waals surface area contributed by atoms with Gasteiger partial charge in [0.15, 0.2) is 0 Å². The van der Waals surface area contributed by atoms with E-state index in [-0.39, 0.29) is 12.6 Å². The third-order valence-electron chi connectivity index (χ3n) is 3.81. The fourth-order valence-corrected chi connectivity index (χ4v) is 2.40. The molecule has 0 aliphatic heterocycles. The monoisotopic (exact) mass is 273 g/mol. The zero-order chi connectivity index (χ0) is 14.3. The van der Waals surface area contributed by atoms with Crippen LogP contribution in [0.25, 0.3) is 0 Å². The van der Waals surface area contributed by atoms with Crippen LogP contribution in [-0.2, 0) is 0 Å².